The molecule has 9 heteroatoms. The van der Waals surface area contributed by atoms with Crippen molar-refractivity contribution in [3.63, 3.8) is 0 Å². The summed E-state index contributed by atoms with van der Waals surface area (Å²) < 4.78 is 5.08. The van der Waals surface area contributed by atoms with E-state index in [2.05, 4.69) is 16.0 Å². The van der Waals surface area contributed by atoms with Crippen LogP contribution >= 0.6 is 11.6 Å². The van der Waals surface area contributed by atoms with Gasteiger partial charge in [0.2, 0.25) is 5.91 Å². The van der Waals surface area contributed by atoms with Gasteiger partial charge in [-0.2, -0.15) is 0 Å². The molecule has 220 valence electrons. The number of ether oxygens (including phenoxy) is 1. The summed E-state index contributed by atoms with van der Waals surface area (Å²) in [5.74, 6) is 0.352. The molecular formula is C30H49ClN4O4. The molecule has 1 aliphatic heterocycles. The molecule has 4 N–H and O–H groups in total. The van der Waals surface area contributed by atoms with E-state index in [-0.39, 0.29) is 23.9 Å². The largest absolute Gasteiger partial charge is 0.385 e. The minimum Gasteiger partial charge on any atom is -0.385 e. The van der Waals surface area contributed by atoms with E-state index < -0.39 is 11.7 Å². The van der Waals surface area contributed by atoms with Gasteiger partial charge in [-0.05, 0) is 69.7 Å². The zero-order valence-electron chi connectivity index (χ0n) is 24.0. The number of halogens is 1. The van der Waals surface area contributed by atoms with Crippen LogP contribution < -0.4 is 16.0 Å². The Bertz CT molecular complexity index is 913. The number of benzene rings is 1. The Morgan fingerprint density at radius 3 is 2.67 bits per heavy atom. The number of methoxy groups -OCH3 is 1. The van der Waals surface area contributed by atoms with Crippen molar-refractivity contribution < 1.29 is 19.4 Å². The summed E-state index contributed by atoms with van der Waals surface area (Å²) in [6, 6.07) is 7.42. The summed E-state index contributed by atoms with van der Waals surface area (Å²) >= 11 is 6.33. The highest BCUT2D eigenvalue weighted by Crippen LogP contribution is 2.40. The smallest absolute Gasteiger partial charge is 0.317 e. The van der Waals surface area contributed by atoms with Crippen LogP contribution in [0.4, 0.5) is 4.79 Å². The standard InChI is InChI=1S/C30H49ClN4O4/c1-22(39-3)28(36)33-16-9-15-30(38,24-12-7-14-26(31)19-24)25-13-8-17-35(21-25)29(37)34-27(20-32-2)18-23-10-5-4-6-11-23/h7,12,14,19,22-23,25,27,32,38H,4-6,8-11,13,15-18,20-21H2,1-3H3,(H,33,36)(H,34,37)/t22-,25+,27-,30+/m0/s1. The lowest BCUT2D eigenvalue weighted by Crippen LogP contribution is -2.54. The Balaban J connectivity index is 1.67. The zero-order valence-corrected chi connectivity index (χ0v) is 24.8. The predicted molar refractivity (Wildman–Crippen MR) is 156 cm³/mol. The first-order valence-electron chi connectivity index (χ1n) is 14.8. The maximum atomic E-state index is 13.4. The molecule has 1 saturated heterocycles. The van der Waals surface area contributed by atoms with Gasteiger partial charge in [-0.15, -0.1) is 0 Å². The van der Waals surface area contributed by atoms with E-state index in [1.165, 1.54) is 39.2 Å². The number of rotatable bonds is 13. The van der Waals surface area contributed by atoms with E-state index >= 15 is 0 Å². The highest BCUT2D eigenvalue weighted by molar-refractivity contribution is 6.30. The van der Waals surface area contributed by atoms with Crippen LogP contribution in [0.3, 0.4) is 0 Å². The van der Waals surface area contributed by atoms with Gasteiger partial charge in [0, 0.05) is 50.3 Å². The first-order valence-corrected chi connectivity index (χ1v) is 15.1. The van der Waals surface area contributed by atoms with Gasteiger partial charge < -0.3 is 30.7 Å². The number of aliphatic hydroxyl groups is 1. The topological polar surface area (TPSA) is 103 Å². The molecule has 2 aliphatic rings. The van der Waals surface area contributed by atoms with Crippen molar-refractivity contribution in [1.29, 1.82) is 0 Å². The molecule has 39 heavy (non-hydrogen) atoms. The van der Waals surface area contributed by atoms with Gasteiger partial charge in [-0.3, -0.25) is 4.79 Å². The Morgan fingerprint density at radius 1 is 1.21 bits per heavy atom. The summed E-state index contributed by atoms with van der Waals surface area (Å²) in [6.07, 6.45) is 9.53. The molecule has 1 saturated carbocycles. The van der Waals surface area contributed by atoms with Crippen LogP contribution in [0.2, 0.25) is 5.02 Å². The molecule has 1 aromatic rings. The highest BCUT2D eigenvalue weighted by atomic mass is 35.5. The normalized spacial score (nSPS) is 21.6. The minimum atomic E-state index is -1.17. The van der Waals surface area contributed by atoms with Crippen LogP contribution in [-0.4, -0.2) is 74.4 Å². The molecule has 1 aromatic carbocycles. The Kier molecular flexibility index (Phi) is 12.8. The molecule has 4 atom stereocenters. The summed E-state index contributed by atoms with van der Waals surface area (Å²) in [5, 5.41) is 22.2. The van der Waals surface area contributed by atoms with Gasteiger partial charge in [0.15, 0.2) is 0 Å². The van der Waals surface area contributed by atoms with Gasteiger partial charge in [-0.1, -0.05) is 55.8 Å². The third kappa shape index (κ3) is 9.34. The van der Waals surface area contributed by atoms with E-state index in [0.717, 1.165) is 31.4 Å². The molecule has 0 radical (unpaired) electrons. The second kappa shape index (κ2) is 15.8. The molecule has 0 aromatic heterocycles. The molecule has 0 unspecified atom stereocenters. The van der Waals surface area contributed by atoms with Crippen molar-refractivity contribution in [2.24, 2.45) is 11.8 Å². The third-order valence-electron chi connectivity index (χ3n) is 8.59. The van der Waals surface area contributed by atoms with E-state index in [1.54, 1.807) is 13.0 Å². The number of likely N-dealkylation sites (N-methyl/N-ethyl adjacent to an activating group) is 1. The molecule has 1 heterocycles. The van der Waals surface area contributed by atoms with E-state index in [9.17, 15) is 14.7 Å². The van der Waals surface area contributed by atoms with Crippen LogP contribution in [0.25, 0.3) is 0 Å². The van der Waals surface area contributed by atoms with Gasteiger partial charge in [-0.25, -0.2) is 4.79 Å². The number of nitrogens with one attached hydrogen (secondary N) is 3. The number of carbonyl (C=O) groups is 2. The Hall–Kier alpha value is -1.87. The van der Waals surface area contributed by atoms with E-state index in [0.29, 0.717) is 43.4 Å². The van der Waals surface area contributed by atoms with Crippen molar-refractivity contribution in [3.8, 4) is 0 Å². The molecular weight excluding hydrogens is 516 g/mol. The fourth-order valence-electron chi connectivity index (χ4n) is 6.24. The molecule has 3 rings (SSSR count). The second-order valence-electron chi connectivity index (χ2n) is 11.4. The molecule has 8 nitrogen and oxygen atoms in total. The number of urea groups is 1. The average Bonchev–Trinajstić information content (AvgIpc) is 2.95. The van der Waals surface area contributed by atoms with Crippen LogP contribution in [-0.2, 0) is 15.1 Å². The SMILES string of the molecule is CNC[C@H](CC1CCCCC1)NC(=O)N1CCC[C@@H]([C@@](O)(CCCNC(=O)[C@H](C)OC)c2cccc(Cl)c2)C1. The fourth-order valence-corrected chi connectivity index (χ4v) is 6.43. The number of hydrogen-bond acceptors (Lipinski definition) is 5. The molecule has 0 spiro atoms. The van der Waals surface area contributed by atoms with Crippen molar-refractivity contribution in [1.82, 2.24) is 20.9 Å². The van der Waals surface area contributed by atoms with Crippen LogP contribution in [0, 0.1) is 11.8 Å². The summed E-state index contributed by atoms with van der Waals surface area (Å²) in [6.45, 7) is 4.03. The molecule has 0 bridgehead atoms. The van der Waals surface area contributed by atoms with Crippen LogP contribution in [0.15, 0.2) is 24.3 Å². The average molecular weight is 565 g/mol. The number of likely N-dealkylation sites (tertiary alicyclic amines) is 1. The summed E-state index contributed by atoms with van der Waals surface area (Å²) in [4.78, 5) is 27.4. The summed E-state index contributed by atoms with van der Waals surface area (Å²) in [5.41, 5.74) is -0.419. The van der Waals surface area contributed by atoms with Crippen molar-refractivity contribution in [2.45, 2.75) is 88.9 Å². The van der Waals surface area contributed by atoms with Gasteiger partial charge in [0.05, 0.1) is 5.60 Å². The van der Waals surface area contributed by atoms with Crippen molar-refractivity contribution >= 4 is 23.5 Å². The summed E-state index contributed by atoms with van der Waals surface area (Å²) in [7, 11) is 3.44. The van der Waals surface area contributed by atoms with Crippen LogP contribution in [0.1, 0.15) is 76.7 Å². The number of amides is 3. The second-order valence-corrected chi connectivity index (χ2v) is 11.9. The first kappa shape index (κ1) is 31.7. The lowest BCUT2D eigenvalue weighted by Gasteiger charge is -2.43. The number of piperidine rings is 1. The Labute approximate surface area is 239 Å². The van der Waals surface area contributed by atoms with Gasteiger partial charge in [0.1, 0.15) is 6.10 Å². The van der Waals surface area contributed by atoms with E-state index in [1.807, 2.05) is 30.1 Å². The highest BCUT2D eigenvalue weighted by Gasteiger charge is 2.41. The van der Waals surface area contributed by atoms with Crippen molar-refractivity contribution in [2.75, 3.05) is 40.3 Å². The minimum absolute atomic E-state index is 0.0509. The maximum absolute atomic E-state index is 13.4. The van der Waals surface area contributed by atoms with Gasteiger partial charge in [0.25, 0.3) is 0 Å². The monoisotopic (exact) mass is 564 g/mol. The fraction of sp³-hybridized carbons (Fsp3) is 0.733. The first-order chi connectivity index (χ1) is 18.8. The maximum Gasteiger partial charge on any atom is 0.317 e. The van der Waals surface area contributed by atoms with E-state index in [4.69, 9.17) is 16.3 Å². The number of nitrogens with zero attached hydrogens (tertiary/aromatic N) is 1. The van der Waals surface area contributed by atoms with Crippen molar-refractivity contribution in [3.05, 3.63) is 34.9 Å². The predicted octanol–water partition coefficient (Wildman–Crippen LogP) is 4.44. The quantitative estimate of drug-likeness (QED) is 0.265. The molecule has 1 aliphatic carbocycles. The third-order valence-corrected chi connectivity index (χ3v) is 8.82. The molecule has 3 amide bonds. The lowest BCUT2D eigenvalue weighted by molar-refractivity contribution is -0.130. The molecule has 2 fully saturated rings. The zero-order chi connectivity index (χ0) is 28.3. The number of hydrogen-bond donors (Lipinski definition) is 4. The number of carbonyl (C=O) groups excluding carboxylic acids is 2. The van der Waals surface area contributed by atoms with Crippen LogP contribution in [0.5, 0.6) is 0 Å². The van der Waals surface area contributed by atoms with Gasteiger partial charge >= 0.3 is 6.03 Å². The lowest BCUT2D eigenvalue weighted by atomic mass is 9.74. The Morgan fingerprint density at radius 2 is 1.97 bits per heavy atom.